The molecule has 0 unspecified atom stereocenters. The second-order valence-electron chi connectivity index (χ2n) is 4.51. The van der Waals surface area contributed by atoms with E-state index in [0.717, 1.165) is 25.9 Å². The van der Waals surface area contributed by atoms with Crippen LogP contribution in [0.2, 0.25) is 0 Å². The van der Waals surface area contributed by atoms with Crippen molar-refractivity contribution in [2.45, 2.75) is 25.6 Å². The third kappa shape index (κ3) is 4.11. The summed E-state index contributed by atoms with van der Waals surface area (Å²) in [7, 11) is 0. The number of aliphatic hydroxyl groups excluding tert-OH is 1. The molecule has 1 aromatic carbocycles. The first-order valence-corrected chi connectivity index (χ1v) is 6.26. The molecule has 0 radical (unpaired) electrons. The van der Waals surface area contributed by atoms with Crippen molar-refractivity contribution in [3.8, 4) is 0 Å². The molecule has 1 fully saturated rings. The van der Waals surface area contributed by atoms with E-state index in [1.807, 2.05) is 6.07 Å². The summed E-state index contributed by atoms with van der Waals surface area (Å²) in [5, 5.41) is 8.97. The molecule has 3 heteroatoms. The molecule has 1 aliphatic heterocycles. The Balaban J connectivity index is 1.58. The monoisotopic (exact) mass is 236 g/mol. The molecule has 1 aromatic rings. The molecular weight excluding hydrogens is 216 g/mol. The first-order valence-electron chi connectivity index (χ1n) is 6.26. The molecule has 1 saturated heterocycles. The Kier molecular flexibility index (Phi) is 4.98. The van der Waals surface area contributed by atoms with Gasteiger partial charge in [-0.3, -0.25) is 0 Å². The lowest BCUT2D eigenvalue weighted by Crippen LogP contribution is -2.12. The summed E-state index contributed by atoms with van der Waals surface area (Å²) in [5.41, 5.74) is 1.34. The normalized spacial score (nSPS) is 24.1. The van der Waals surface area contributed by atoms with E-state index in [1.165, 1.54) is 5.56 Å². The van der Waals surface area contributed by atoms with E-state index < -0.39 is 0 Å². The summed E-state index contributed by atoms with van der Waals surface area (Å²) >= 11 is 0. The van der Waals surface area contributed by atoms with E-state index in [0.29, 0.717) is 6.61 Å². The fraction of sp³-hybridized carbons (Fsp3) is 0.571. The molecule has 1 heterocycles. The minimum absolute atomic E-state index is 0.108. The highest BCUT2D eigenvalue weighted by atomic mass is 16.7. The molecule has 94 valence electrons. The van der Waals surface area contributed by atoms with Gasteiger partial charge in [0.25, 0.3) is 0 Å². The third-order valence-electron chi connectivity index (χ3n) is 3.06. The highest BCUT2D eigenvalue weighted by Crippen LogP contribution is 2.20. The summed E-state index contributed by atoms with van der Waals surface area (Å²) in [6, 6.07) is 10.4. The van der Waals surface area contributed by atoms with Crippen molar-refractivity contribution in [3.63, 3.8) is 0 Å². The van der Waals surface area contributed by atoms with Gasteiger partial charge in [0.2, 0.25) is 0 Å². The van der Waals surface area contributed by atoms with Crippen LogP contribution in [0.3, 0.4) is 0 Å². The lowest BCUT2D eigenvalue weighted by Gasteiger charge is -2.10. The zero-order valence-electron chi connectivity index (χ0n) is 10.0. The molecule has 0 bridgehead atoms. The molecule has 2 atom stereocenters. The smallest absolute Gasteiger partial charge is 0.158 e. The number of hydrogen-bond donors (Lipinski definition) is 1. The zero-order valence-corrected chi connectivity index (χ0v) is 10.0. The Morgan fingerprint density at radius 2 is 2.12 bits per heavy atom. The third-order valence-corrected chi connectivity index (χ3v) is 3.06. The average molecular weight is 236 g/mol. The Morgan fingerprint density at radius 3 is 2.82 bits per heavy atom. The van der Waals surface area contributed by atoms with Gasteiger partial charge in [-0.2, -0.15) is 0 Å². The number of hydrogen-bond acceptors (Lipinski definition) is 3. The maximum Gasteiger partial charge on any atom is 0.158 e. The lowest BCUT2D eigenvalue weighted by atomic mass is 10.1. The molecule has 17 heavy (non-hydrogen) atoms. The maximum atomic E-state index is 8.97. The second-order valence-corrected chi connectivity index (χ2v) is 4.51. The van der Waals surface area contributed by atoms with Gasteiger partial charge < -0.3 is 14.6 Å². The zero-order chi connectivity index (χ0) is 11.9. The fourth-order valence-electron chi connectivity index (χ4n) is 2.03. The van der Waals surface area contributed by atoms with Crippen molar-refractivity contribution < 1.29 is 14.6 Å². The van der Waals surface area contributed by atoms with E-state index in [1.54, 1.807) is 0 Å². The van der Waals surface area contributed by atoms with Gasteiger partial charge in [0, 0.05) is 18.9 Å². The van der Waals surface area contributed by atoms with Crippen LogP contribution in [0, 0.1) is 5.92 Å². The number of aliphatic hydroxyl groups is 1. The second kappa shape index (κ2) is 6.74. The highest BCUT2D eigenvalue weighted by Gasteiger charge is 2.24. The van der Waals surface area contributed by atoms with Gasteiger partial charge >= 0.3 is 0 Å². The molecular formula is C14H20O3. The molecule has 0 aliphatic carbocycles. The highest BCUT2D eigenvalue weighted by molar-refractivity contribution is 5.14. The summed E-state index contributed by atoms with van der Waals surface area (Å²) in [6.07, 6.45) is 2.76. The quantitative estimate of drug-likeness (QED) is 0.768. The van der Waals surface area contributed by atoms with Crippen LogP contribution in [0.5, 0.6) is 0 Å². The number of rotatable bonds is 6. The van der Waals surface area contributed by atoms with Crippen molar-refractivity contribution in [2.24, 2.45) is 5.92 Å². The van der Waals surface area contributed by atoms with E-state index in [9.17, 15) is 0 Å². The Bertz CT molecular complexity index is 313. The standard InChI is InChI=1S/C14H20O3/c15-10-13-9-14(17-11-13)16-8-4-7-12-5-2-1-3-6-12/h1-3,5-6,13-15H,4,7-11H2/t13-,14+/m1/s1. The van der Waals surface area contributed by atoms with Crippen LogP contribution < -0.4 is 0 Å². The topological polar surface area (TPSA) is 38.7 Å². The van der Waals surface area contributed by atoms with Crippen molar-refractivity contribution in [1.82, 2.24) is 0 Å². The van der Waals surface area contributed by atoms with Crippen molar-refractivity contribution >= 4 is 0 Å². The van der Waals surface area contributed by atoms with E-state index >= 15 is 0 Å². The maximum absolute atomic E-state index is 8.97. The Morgan fingerprint density at radius 1 is 1.29 bits per heavy atom. The summed E-state index contributed by atoms with van der Waals surface area (Å²) in [6.45, 7) is 1.54. The van der Waals surface area contributed by atoms with Crippen molar-refractivity contribution in [3.05, 3.63) is 35.9 Å². The van der Waals surface area contributed by atoms with Crippen molar-refractivity contribution in [2.75, 3.05) is 19.8 Å². The SMILES string of the molecule is OC[C@@H]1CO[C@H](OCCCc2ccccc2)C1. The molecule has 0 amide bonds. The van der Waals surface area contributed by atoms with Crippen LogP contribution in [-0.2, 0) is 15.9 Å². The van der Waals surface area contributed by atoms with Crippen LogP contribution >= 0.6 is 0 Å². The largest absolute Gasteiger partial charge is 0.396 e. The predicted octanol–water partition coefficient (Wildman–Crippen LogP) is 1.99. The lowest BCUT2D eigenvalue weighted by molar-refractivity contribution is -0.111. The summed E-state index contributed by atoms with van der Waals surface area (Å²) < 4.78 is 11.0. The van der Waals surface area contributed by atoms with Crippen molar-refractivity contribution in [1.29, 1.82) is 0 Å². The van der Waals surface area contributed by atoms with Crippen LogP contribution in [0.15, 0.2) is 30.3 Å². The number of aryl methyl sites for hydroxylation is 1. The molecule has 2 rings (SSSR count). The number of ether oxygens (including phenoxy) is 2. The van der Waals surface area contributed by atoms with Crippen LogP contribution in [0.1, 0.15) is 18.4 Å². The van der Waals surface area contributed by atoms with Gasteiger partial charge in [0.15, 0.2) is 6.29 Å². The van der Waals surface area contributed by atoms with Gasteiger partial charge in [-0.1, -0.05) is 30.3 Å². The molecule has 0 saturated carbocycles. The minimum atomic E-state index is -0.108. The van der Waals surface area contributed by atoms with Gasteiger partial charge in [-0.15, -0.1) is 0 Å². The van der Waals surface area contributed by atoms with Crippen LogP contribution in [0.4, 0.5) is 0 Å². The van der Waals surface area contributed by atoms with E-state index in [-0.39, 0.29) is 18.8 Å². The average Bonchev–Trinajstić information content (AvgIpc) is 2.84. The van der Waals surface area contributed by atoms with Gasteiger partial charge in [-0.05, 0) is 18.4 Å². The first kappa shape index (κ1) is 12.6. The van der Waals surface area contributed by atoms with Gasteiger partial charge in [-0.25, -0.2) is 0 Å². The van der Waals surface area contributed by atoms with E-state index in [2.05, 4.69) is 24.3 Å². The first-order chi connectivity index (χ1) is 8.38. The van der Waals surface area contributed by atoms with Gasteiger partial charge in [0.05, 0.1) is 13.2 Å². The predicted molar refractivity (Wildman–Crippen MR) is 65.6 cm³/mol. The molecule has 3 nitrogen and oxygen atoms in total. The molecule has 0 aromatic heterocycles. The molecule has 0 spiro atoms. The number of benzene rings is 1. The van der Waals surface area contributed by atoms with E-state index in [4.69, 9.17) is 14.6 Å². The van der Waals surface area contributed by atoms with Crippen LogP contribution in [0.25, 0.3) is 0 Å². The fourth-order valence-corrected chi connectivity index (χ4v) is 2.03. The minimum Gasteiger partial charge on any atom is -0.396 e. The molecule has 1 aliphatic rings. The summed E-state index contributed by atoms with van der Waals surface area (Å²) in [4.78, 5) is 0. The van der Waals surface area contributed by atoms with Gasteiger partial charge in [0.1, 0.15) is 0 Å². The Hall–Kier alpha value is -0.900. The summed E-state index contributed by atoms with van der Waals surface area (Å²) in [5.74, 6) is 0.258. The van der Waals surface area contributed by atoms with Crippen LogP contribution in [-0.4, -0.2) is 31.2 Å². The Labute approximate surface area is 102 Å². The molecule has 1 N–H and O–H groups in total.